The molecule has 0 atom stereocenters. The monoisotopic (exact) mass is 370 g/mol. The molecule has 0 radical (unpaired) electrons. The third kappa shape index (κ3) is 6.35. The van der Waals surface area contributed by atoms with Gasteiger partial charge in [-0.25, -0.2) is 0 Å². The molecule has 0 unspecified atom stereocenters. The lowest BCUT2D eigenvalue weighted by molar-refractivity contribution is 0.211. The molecule has 0 spiro atoms. The number of hydrogen-bond acceptors (Lipinski definition) is 4. The summed E-state index contributed by atoms with van der Waals surface area (Å²) in [6, 6.07) is 19.8. The number of rotatable bonds is 9. The van der Waals surface area contributed by atoms with E-state index in [1.807, 2.05) is 6.07 Å². The summed E-state index contributed by atoms with van der Waals surface area (Å²) in [6.45, 7) is 4.29. The maximum atomic E-state index is 5.87. The van der Waals surface area contributed by atoms with E-state index in [9.17, 15) is 0 Å². The average Bonchev–Trinajstić information content (AvgIpc) is 2.70. The number of ether oxygens (including phenoxy) is 1. The van der Waals surface area contributed by atoms with Crippen LogP contribution < -0.4 is 9.46 Å². The number of piperidine rings is 1. The summed E-state index contributed by atoms with van der Waals surface area (Å²) in [5, 5.41) is 0. The molecule has 4 heteroatoms. The smallest absolute Gasteiger partial charge is 0.119 e. The first-order chi connectivity index (χ1) is 12.8. The molecule has 0 bridgehead atoms. The van der Waals surface area contributed by atoms with Crippen molar-refractivity contribution in [3.63, 3.8) is 0 Å². The first kappa shape index (κ1) is 19.3. The highest BCUT2D eigenvalue weighted by molar-refractivity contribution is 7.96. The van der Waals surface area contributed by atoms with Gasteiger partial charge in [-0.1, -0.05) is 54.4 Å². The number of benzene rings is 2. The second kappa shape index (κ2) is 10.6. The van der Waals surface area contributed by atoms with E-state index in [4.69, 9.17) is 4.74 Å². The summed E-state index contributed by atoms with van der Waals surface area (Å²) in [5.41, 5.74) is 2.71. The Labute approximate surface area is 162 Å². The maximum absolute atomic E-state index is 5.87. The van der Waals surface area contributed by atoms with Gasteiger partial charge >= 0.3 is 0 Å². The lowest BCUT2D eigenvalue weighted by Crippen LogP contribution is -2.41. The first-order valence-electron chi connectivity index (χ1n) is 9.60. The summed E-state index contributed by atoms with van der Waals surface area (Å²) in [7, 11) is 0. The van der Waals surface area contributed by atoms with Gasteiger partial charge in [0.25, 0.3) is 0 Å². The zero-order valence-electron chi connectivity index (χ0n) is 15.7. The van der Waals surface area contributed by atoms with Crippen molar-refractivity contribution in [2.24, 2.45) is 0 Å². The van der Waals surface area contributed by atoms with Gasteiger partial charge in [-0.3, -0.25) is 4.72 Å². The molecule has 1 heterocycles. The molecule has 140 valence electrons. The molecular formula is C22H30N2OS. The molecule has 0 aliphatic carbocycles. The minimum absolute atomic E-state index is 0.688. The third-order valence-corrected chi connectivity index (χ3v) is 5.58. The SMILES string of the molecule is CSNC1CCN(CCc2ccc(OCCc3ccccc3)cc2)CC1. The van der Waals surface area contributed by atoms with Gasteiger partial charge in [-0.05, 0) is 61.9 Å². The van der Waals surface area contributed by atoms with Crippen LogP contribution in [0, 0.1) is 0 Å². The Bertz CT molecular complexity index is 624. The second-order valence-corrected chi connectivity index (χ2v) is 7.56. The van der Waals surface area contributed by atoms with E-state index in [-0.39, 0.29) is 0 Å². The molecule has 1 fully saturated rings. The summed E-state index contributed by atoms with van der Waals surface area (Å²) >= 11 is 1.74. The van der Waals surface area contributed by atoms with Gasteiger partial charge in [0.2, 0.25) is 0 Å². The summed E-state index contributed by atoms with van der Waals surface area (Å²) < 4.78 is 9.36. The Morgan fingerprint density at radius 1 is 0.962 bits per heavy atom. The van der Waals surface area contributed by atoms with Crippen molar-refractivity contribution < 1.29 is 4.74 Å². The van der Waals surface area contributed by atoms with Crippen LogP contribution in [0.5, 0.6) is 5.75 Å². The lowest BCUT2D eigenvalue weighted by Gasteiger charge is -2.31. The van der Waals surface area contributed by atoms with Gasteiger partial charge in [0.15, 0.2) is 0 Å². The van der Waals surface area contributed by atoms with Crippen molar-refractivity contribution in [1.29, 1.82) is 0 Å². The molecule has 26 heavy (non-hydrogen) atoms. The first-order valence-corrected chi connectivity index (χ1v) is 10.8. The molecule has 1 aliphatic heterocycles. The largest absolute Gasteiger partial charge is 0.493 e. The quantitative estimate of drug-likeness (QED) is 0.669. The van der Waals surface area contributed by atoms with E-state index in [1.165, 1.54) is 37.1 Å². The van der Waals surface area contributed by atoms with E-state index in [0.717, 1.165) is 31.7 Å². The van der Waals surface area contributed by atoms with E-state index in [0.29, 0.717) is 6.04 Å². The van der Waals surface area contributed by atoms with Crippen LogP contribution in [0.3, 0.4) is 0 Å². The summed E-state index contributed by atoms with van der Waals surface area (Å²) in [6.07, 6.45) is 6.69. The van der Waals surface area contributed by atoms with Gasteiger partial charge in [0, 0.05) is 19.0 Å². The van der Waals surface area contributed by atoms with Gasteiger partial charge in [-0.15, -0.1) is 0 Å². The Hall–Kier alpha value is -1.49. The molecule has 0 saturated carbocycles. The Morgan fingerprint density at radius 2 is 1.65 bits per heavy atom. The predicted molar refractivity (Wildman–Crippen MR) is 112 cm³/mol. The van der Waals surface area contributed by atoms with Gasteiger partial charge in [0.05, 0.1) is 6.61 Å². The third-order valence-electron chi connectivity index (χ3n) is 5.01. The van der Waals surface area contributed by atoms with Crippen LogP contribution in [0.2, 0.25) is 0 Å². The van der Waals surface area contributed by atoms with E-state index in [2.05, 4.69) is 64.4 Å². The normalized spacial score (nSPS) is 15.9. The van der Waals surface area contributed by atoms with E-state index >= 15 is 0 Å². The van der Waals surface area contributed by atoms with E-state index in [1.54, 1.807) is 11.9 Å². The highest BCUT2D eigenvalue weighted by Gasteiger charge is 2.18. The fraction of sp³-hybridized carbons (Fsp3) is 0.455. The zero-order chi connectivity index (χ0) is 18.0. The molecule has 1 saturated heterocycles. The van der Waals surface area contributed by atoms with Gasteiger partial charge in [-0.2, -0.15) is 0 Å². The molecule has 1 N–H and O–H groups in total. The van der Waals surface area contributed by atoms with Gasteiger partial charge < -0.3 is 9.64 Å². The van der Waals surface area contributed by atoms with Crippen LogP contribution in [0.25, 0.3) is 0 Å². The Morgan fingerprint density at radius 3 is 2.35 bits per heavy atom. The van der Waals surface area contributed by atoms with Crippen LogP contribution in [0.1, 0.15) is 24.0 Å². The number of nitrogens with one attached hydrogen (secondary N) is 1. The Kier molecular flexibility index (Phi) is 7.87. The summed E-state index contributed by atoms with van der Waals surface area (Å²) in [5.74, 6) is 0.966. The predicted octanol–water partition coefficient (Wildman–Crippen LogP) is 4.18. The number of hydrogen-bond donors (Lipinski definition) is 1. The number of nitrogens with zero attached hydrogens (tertiary/aromatic N) is 1. The van der Waals surface area contributed by atoms with Crippen molar-refractivity contribution in [3.05, 3.63) is 65.7 Å². The average molecular weight is 371 g/mol. The molecule has 2 aromatic carbocycles. The van der Waals surface area contributed by atoms with Gasteiger partial charge in [0.1, 0.15) is 5.75 Å². The molecule has 0 aromatic heterocycles. The summed E-state index contributed by atoms with van der Waals surface area (Å²) in [4.78, 5) is 2.59. The maximum Gasteiger partial charge on any atom is 0.119 e. The van der Waals surface area contributed by atoms with Crippen LogP contribution in [0.15, 0.2) is 54.6 Å². The lowest BCUT2D eigenvalue weighted by atomic mass is 10.1. The van der Waals surface area contributed by atoms with E-state index < -0.39 is 0 Å². The molecule has 3 rings (SSSR count). The molecular weight excluding hydrogens is 340 g/mol. The van der Waals surface area contributed by atoms with Crippen molar-refractivity contribution in [2.75, 3.05) is 32.5 Å². The molecule has 1 aliphatic rings. The van der Waals surface area contributed by atoms with Crippen LogP contribution in [0.4, 0.5) is 0 Å². The van der Waals surface area contributed by atoms with Crippen LogP contribution in [-0.4, -0.2) is 43.4 Å². The highest BCUT2D eigenvalue weighted by atomic mass is 32.2. The molecule has 0 amide bonds. The fourth-order valence-corrected chi connectivity index (χ4v) is 3.98. The highest BCUT2D eigenvalue weighted by Crippen LogP contribution is 2.16. The van der Waals surface area contributed by atoms with Crippen molar-refractivity contribution >= 4 is 11.9 Å². The standard InChI is InChI=1S/C22H30N2OS/c1-26-23-21-12-16-24(17-13-21)15-11-20-7-9-22(10-8-20)25-18-14-19-5-3-2-4-6-19/h2-10,21,23H,11-18H2,1H3. The second-order valence-electron chi connectivity index (χ2n) is 6.92. The van der Waals surface area contributed by atoms with Crippen molar-refractivity contribution in [1.82, 2.24) is 9.62 Å². The minimum atomic E-state index is 0.688. The number of likely N-dealkylation sites (tertiary alicyclic amines) is 1. The van der Waals surface area contributed by atoms with Crippen molar-refractivity contribution in [3.8, 4) is 5.75 Å². The Balaban J connectivity index is 1.35. The van der Waals surface area contributed by atoms with Crippen LogP contribution in [-0.2, 0) is 12.8 Å². The molecule has 2 aromatic rings. The molecule has 3 nitrogen and oxygen atoms in total. The van der Waals surface area contributed by atoms with Crippen LogP contribution >= 0.6 is 11.9 Å². The van der Waals surface area contributed by atoms with Crippen molar-refractivity contribution in [2.45, 2.75) is 31.7 Å². The zero-order valence-corrected chi connectivity index (χ0v) is 16.5. The fourth-order valence-electron chi connectivity index (χ4n) is 3.41. The topological polar surface area (TPSA) is 24.5 Å². The minimum Gasteiger partial charge on any atom is -0.493 e.